The van der Waals surface area contributed by atoms with E-state index in [-0.39, 0.29) is 11.8 Å². The van der Waals surface area contributed by atoms with Gasteiger partial charge in [0.15, 0.2) is 16.6 Å². The number of phenols is 1. The van der Waals surface area contributed by atoms with Gasteiger partial charge in [-0.1, -0.05) is 25.1 Å². The highest BCUT2D eigenvalue weighted by Gasteiger charge is 2.11. The Kier molecular flexibility index (Phi) is 6.89. The maximum atomic E-state index is 9.63. The summed E-state index contributed by atoms with van der Waals surface area (Å²) in [5, 5.41) is 16.7. The van der Waals surface area contributed by atoms with Gasteiger partial charge in [-0.15, -0.1) is 0 Å². The van der Waals surface area contributed by atoms with E-state index in [9.17, 15) is 5.11 Å². The van der Waals surface area contributed by atoms with Crippen LogP contribution in [0.3, 0.4) is 0 Å². The fourth-order valence-electron chi connectivity index (χ4n) is 2.48. The van der Waals surface area contributed by atoms with Gasteiger partial charge < -0.3 is 25.2 Å². The van der Waals surface area contributed by atoms with Crippen LogP contribution in [0.2, 0.25) is 0 Å². The minimum atomic E-state index is 0.123. The number of nitrogens with one attached hydrogen (secondary N) is 2. The first-order valence-corrected chi connectivity index (χ1v) is 8.52. The number of rotatable bonds is 7. The summed E-state index contributed by atoms with van der Waals surface area (Å²) in [6.07, 6.45) is 0.904. The van der Waals surface area contributed by atoms with Crippen LogP contribution in [0.4, 0.5) is 0 Å². The lowest BCUT2D eigenvalue weighted by Crippen LogP contribution is -2.37. The summed E-state index contributed by atoms with van der Waals surface area (Å²) in [6, 6.07) is 13.3. The molecule has 0 amide bonds. The summed E-state index contributed by atoms with van der Waals surface area (Å²) < 4.78 is 10.3. The van der Waals surface area contributed by atoms with Crippen LogP contribution in [0, 0.1) is 0 Å². The first-order chi connectivity index (χ1) is 12.1. The second-order valence-electron chi connectivity index (χ2n) is 5.57. The molecule has 0 heterocycles. The van der Waals surface area contributed by atoms with Crippen LogP contribution < -0.4 is 20.1 Å². The molecule has 1 unspecified atom stereocenters. The molecule has 2 aromatic carbocycles. The van der Waals surface area contributed by atoms with Crippen LogP contribution in [0.25, 0.3) is 0 Å². The maximum Gasteiger partial charge on any atom is 0.167 e. The summed E-state index contributed by atoms with van der Waals surface area (Å²) in [7, 11) is 3.18. The molecule has 2 rings (SSSR count). The van der Waals surface area contributed by atoms with E-state index in [1.165, 1.54) is 7.11 Å². The van der Waals surface area contributed by atoms with E-state index in [0.717, 1.165) is 23.3 Å². The second-order valence-corrected chi connectivity index (χ2v) is 5.98. The van der Waals surface area contributed by atoms with Crippen LogP contribution in [-0.4, -0.2) is 24.4 Å². The van der Waals surface area contributed by atoms with Crippen molar-refractivity contribution in [3.63, 3.8) is 0 Å². The quantitative estimate of drug-likeness (QED) is 0.657. The van der Waals surface area contributed by atoms with Gasteiger partial charge in [-0.25, -0.2) is 0 Å². The third-order valence-corrected chi connectivity index (χ3v) is 4.19. The Morgan fingerprint density at radius 1 is 1.12 bits per heavy atom. The Morgan fingerprint density at radius 3 is 2.44 bits per heavy atom. The van der Waals surface area contributed by atoms with Crippen molar-refractivity contribution in [1.82, 2.24) is 10.6 Å². The average Bonchev–Trinajstić information content (AvgIpc) is 2.65. The zero-order valence-electron chi connectivity index (χ0n) is 14.7. The molecule has 5 nitrogen and oxygen atoms in total. The molecule has 0 spiro atoms. The Labute approximate surface area is 154 Å². The molecule has 0 radical (unpaired) electrons. The molecule has 1 atom stereocenters. The SMILES string of the molecule is CCC(NC(=S)NCc1ccc(O)c(OC)c1)c1ccc(OC)cc1. The van der Waals surface area contributed by atoms with Crippen molar-refractivity contribution in [2.75, 3.05) is 14.2 Å². The lowest BCUT2D eigenvalue weighted by Gasteiger charge is -2.20. The minimum Gasteiger partial charge on any atom is -0.504 e. The highest BCUT2D eigenvalue weighted by atomic mass is 32.1. The smallest absolute Gasteiger partial charge is 0.167 e. The lowest BCUT2D eigenvalue weighted by atomic mass is 10.0. The molecule has 0 bridgehead atoms. The molecule has 0 aliphatic carbocycles. The topological polar surface area (TPSA) is 62.8 Å². The molecule has 0 saturated carbocycles. The first kappa shape index (κ1) is 18.9. The standard InChI is InChI=1S/C19H24N2O3S/c1-4-16(14-6-8-15(23-2)9-7-14)21-19(25)20-12-13-5-10-17(22)18(11-13)24-3/h5-11,16,22H,4,12H2,1-3H3,(H2,20,21,25). The number of thiocarbonyl (C=S) groups is 1. The van der Waals surface area contributed by atoms with Crippen LogP contribution in [0.15, 0.2) is 42.5 Å². The molecule has 0 saturated heterocycles. The average molecular weight is 360 g/mol. The molecule has 0 aliphatic rings. The first-order valence-electron chi connectivity index (χ1n) is 8.11. The Bertz CT molecular complexity index is 704. The summed E-state index contributed by atoms with van der Waals surface area (Å²) in [6.45, 7) is 2.65. The van der Waals surface area contributed by atoms with Gasteiger partial charge in [-0.2, -0.15) is 0 Å². The zero-order chi connectivity index (χ0) is 18.2. The van der Waals surface area contributed by atoms with Crippen LogP contribution in [0.1, 0.15) is 30.5 Å². The van der Waals surface area contributed by atoms with Gasteiger partial charge in [0, 0.05) is 6.54 Å². The van der Waals surface area contributed by atoms with Crippen molar-refractivity contribution < 1.29 is 14.6 Å². The Balaban J connectivity index is 1.93. The van der Waals surface area contributed by atoms with E-state index in [0.29, 0.717) is 17.4 Å². The van der Waals surface area contributed by atoms with Gasteiger partial charge in [0.2, 0.25) is 0 Å². The Morgan fingerprint density at radius 2 is 1.84 bits per heavy atom. The maximum absolute atomic E-state index is 9.63. The molecule has 0 aliphatic heterocycles. The van der Waals surface area contributed by atoms with E-state index >= 15 is 0 Å². The molecule has 2 aromatic rings. The van der Waals surface area contributed by atoms with Crippen molar-refractivity contribution in [3.05, 3.63) is 53.6 Å². The largest absolute Gasteiger partial charge is 0.504 e. The molecule has 134 valence electrons. The summed E-state index contributed by atoms with van der Waals surface area (Å²) in [4.78, 5) is 0. The highest BCUT2D eigenvalue weighted by molar-refractivity contribution is 7.80. The van der Waals surface area contributed by atoms with Crippen molar-refractivity contribution in [2.24, 2.45) is 0 Å². The van der Waals surface area contributed by atoms with E-state index in [1.54, 1.807) is 19.2 Å². The molecule has 3 N–H and O–H groups in total. The van der Waals surface area contributed by atoms with Gasteiger partial charge in [0.05, 0.1) is 20.3 Å². The molecular formula is C19H24N2O3S. The Hall–Kier alpha value is -2.47. The van der Waals surface area contributed by atoms with Gasteiger partial charge in [-0.05, 0) is 54.0 Å². The number of aromatic hydroxyl groups is 1. The number of hydrogen-bond donors (Lipinski definition) is 3. The van der Waals surface area contributed by atoms with Crippen LogP contribution in [-0.2, 0) is 6.54 Å². The number of benzene rings is 2. The normalized spacial score (nSPS) is 11.5. The molecular weight excluding hydrogens is 336 g/mol. The predicted octanol–water partition coefficient (Wildman–Crippen LogP) is 3.52. The van der Waals surface area contributed by atoms with Crippen molar-refractivity contribution in [1.29, 1.82) is 0 Å². The number of hydrogen-bond acceptors (Lipinski definition) is 4. The summed E-state index contributed by atoms with van der Waals surface area (Å²) >= 11 is 5.40. The number of phenolic OH excluding ortho intramolecular Hbond substituents is 1. The van der Waals surface area contributed by atoms with Gasteiger partial charge in [-0.3, -0.25) is 0 Å². The van der Waals surface area contributed by atoms with Crippen molar-refractivity contribution in [2.45, 2.75) is 25.9 Å². The number of methoxy groups -OCH3 is 2. The third kappa shape index (κ3) is 5.26. The van der Waals surface area contributed by atoms with Crippen molar-refractivity contribution >= 4 is 17.3 Å². The fraction of sp³-hybridized carbons (Fsp3) is 0.316. The summed E-state index contributed by atoms with van der Waals surface area (Å²) in [5.41, 5.74) is 2.12. The molecule has 0 aromatic heterocycles. The van der Waals surface area contributed by atoms with E-state index in [4.69, 9.17) is 21.7 Å². The zero-order valence-corrected chi connectivity index (χ0v) is 15.5. The van der Waals surface area contributed by atoms with Crippen LogP contribution in [0.5, 0.6) is 17.2 Å². The van der Waals surface area contributed by atoms with Gasteiger partial charge in [0.25, 0.3) is 0 Å². The second kappa shape index (κ2) is 9.13. The lowest BCUT2D eigenvalue weighted by molar-refractivity contribution is 0.373. The fourth-order valence-corrected chi connectivity index (χ4v) is 2.70. The number of ether oxygens (including phenoxy) is 2. The molecule has 0 fully saturated rings. The van der Waals surface area contributed by atoms with Gasteiger partial charge >= 0.3 is 0 Å². The van der Waals surface area contributed by atoms with Crippen molar-refractivity contribution in [3.8, 4) is 17.2 Å². The van der Waals surface area contributed by atoms with E-state index in [2.05, 4.69) is 17.6 Å². The van der Waals surface area contributed by atoms with E-state index in [1.807, 2.05) is 30.3 Å². The van der Waals surface area contributed by atoms with Crippen LogP contribution >= 0.6 is 12.2 Å². The highest BCUT2D eigenvalue weighted by Crippen LogP contribution is 2.26. The minimum absolute atomic E-state index is 0.123. The van der Waals surface area contributed by atoms with Gasteiger partial charge in [0.1, 0.15) is 5.75 Å². The predicted molar refractivity (Wildman–Crippen MR) is 103 cm³/mol. The monoisotopic (exact) mass is 360 g/mol. The third-order valence-electron chi connectivity index (χ3n) is 3.93. The molecule has 6 heteroatoms. The summed E-state index contributed by atoms with van der Waals surface area (Å²) in [5.74, 6) is 1.40. The molecule has 25 heavy (non-hydrogen) atoms. The van der Waals surface area contributed by atoms with E-state index < -0.39 is 0 Å².